The number of imidazole rings is 1. The van der Waals surface area contributed by atoms with Crippen molar-refractivity contribution in [2.75, 3.05) is 19.0 Å². The summed E-state index contributed by atoms with van der Waals surface area (Å²) in [7, 11) is 1.71. The zero-order valence-corrected chi connectivity index (χ0v) is 12.3. The van der Waals surface area contributed by atoms with Crippen molar-refractivity contribution in [2.45, 2.75) is 32.9 Å². The number of methoxy groups -OCH3 is 1. The summed E-state index contributed by atoms with van der Waals surface area (Å²) in [6.07, 6.45) is 4.78. The van der Waals surface area contributed by atoms with Gasteiger partial charge in [-0.2, -0.15) is 0 Å². The molecule has 20 heavy (non-hydrogen) atoms. The van der Waals surface area contributed by atoms with Crippen LogP contribution in [0.25, 0.3) is 0 Å². The first-order chi connectivity index (χ1) is 9.69. The first-order valence-corrected chi connectivity index (χ1v) is 6.88. The van der Waals surface area contributed by atoms with Crippen molar-refractivity contribution in [3.05, 3.63) is 42.0 Å². The van der Waals surface area contributed by atoms with Crippen LogP contribution in [-0.4, -0.2) is 34.3 Å². The molecule has 1 atom stereocenters. The quantitative estimate of drug-likeness (QED) is 0.841. The van der Waals surface area contributed by atoms with Gasteiger partial charge in [0.25, 0.3) is 0 Å². The van der Waals surface area contributed by atoms with Gasteiger partial charge in [0.1, 0.15) is 0 Å². The van der Waals surface area contributed by atoms with E-state index in [9.17, 15) is 0 Å². The lowest BCUT2D eigenvalue weighted by molar-refractivity contribution is 0.190. The molecule has 0 radical (unpaired) electrons. The summed E-state index contributed by atoms with van der Waals surface area (Å²) >= 11 is 0. The first kappa shape index (κ1) is 14.5. The number of nitrogens with zero attached hydrogens (tertiary/aromatic N) is 3. The number of rotatable bonds is 7. The predicted octanol–water partition coefficient (Wildman–Crippen LogP) is 2.28. The smallest absolute Gasteiger partial charge is 0.203 e. The number of hydrogen-bond donors (Lipinski definition) is 1. The van der Waals surface area contributed by atoms with E-state index in [4.69, 9.17) is 4.74 Å². The Hall–Kier alpha value is -1.88. The third kappa shape index (κ3) is 4.06. The van der Waals surface area contributed by atoms with Gasteiger partial charge >= 0.3 is 0 Å². The second-order valence-corrected chi connectivity index (χ2v) is 4.97. The van der Waals surface area contributed by atoms with Crippen molar-refractivity contribution >= 4 is 5.95 Å². The number of aromatic nitrogens is 3. The maximum atomic E-state index is 5.14. The molecule has 0 aliphatic heterocycles. The molecule has 1 N–H and O–H groups in total. The highest BCUT2D eigenvalue weighted by Gasteiger charge is 2.09. The predicted molar refractivity (Wildman–Crippen MR) is 79.9 cm³/mol. The van der Waals surface area contributed by atoms with Crippen molar-refractivity contribution in [1.29, 1.82) is 0 Å². The number of hydrogen-bond acceptors (Lipinski definition) is 4. The van der Waals surface area contributed by atoms with Gasteiger partial charge in [0, 0.05) is 44.2 Å². The van der Waals surface area contributed by atoms with Crippen LogP contribution in [0.2, 0.25) is 0 Å². The molecule has 0 bridgehead atoms. The molecule has 0 aliphatic carbocycles. The zero-order chi connectivity index (χ0) is 14.4. The topological polar surface area (TPSA) is 52.0 Å². The lowest BCUT2D eigenvalue weighted by atomic mass is 10.3. The van der Waals surface area contributed by atoms with Gasteiger partial charge in [-0.05, 0) is 26.0 Å². The average Bonchev–Trinajstić information content (AvgIpc) is 2.78. The Bertz CT molecular complexity index is 524. The van der Waals surface area contributed by atoms with Crippen LogP contribution in [0, 0.1) is 6.92 Å². The molecule has 2 heterocycles. The summed E-state index contributed by atoms with van der Waals surface area (Å²) < 4.78 is 7.28. The van der Waals surface area contributed by atoms with Crippen LogP contribution in [0.1, 0.15) is 18.3 Å². The number of pyridine rings is 1. The number of aryl methyl sites for hydroxylation is 3. The Labute approximate surface area is 120 Å². The third-order valence-corrected chi connectivity index (χ3v) is 3.02. The van der Waals surface area contributed by atoms with Gasteiger partial charge in [0.2, 0.25) is 5.95 Å². The summed E-state index contributed by atoms with van der Waals surface area (Å²) in [5.74, 6) is 0.892. The van der Waals surface area contributed by atoms with Crippen LogP contribution in [0.4, 0.5) is 5.95 Å². The Kier molecular flexibility index (Phi) is 5.12. The van der Waals surface area contributed by atoms with Crippen LogP contribution >= 0.6 is 0 Å². The molecule has 2 rings (SSSR count). The Morgan fingerprint density at radius 1 is 1.40 bits per heavy atom. The average molecular weight is 274 g/mol. The second kappa shape index (κ2) is 7.05. The highest BCUT2D eigenvalue weighted by Crippen LogP contribution is 2.11. The molecular formula is C15H22N4O. The fourth-order valence-electron chi connectivity index (χ4n) is 2.13. The number of nitrogens with one attached hydrogen (secondary N) is 1. The molecule has 5 heteroatoms. The fraction of sp³-hybridized carbons (Fsp3) is 0.467. The van der Waals surface area contributed by atoms with E-state index in [0.717, 1.165) is 30.3 Å². The summed E-state index contributed by atoms with van der Waals surface area (Å²) in [6, 6.07) is 6.23. The van der Waals surface area contributed by atoms with E-state index in [2.05, 4.69) is 33.0 Å². The van der Waals surface area contributed by atoms with Gasteiger partial charge in [-0.15, -0.1) is 0 Å². The molecule has 2 aromatic rings. The van der Waals surface area contributed by atoms with E-state index in [0.29, 0.717) is 6.61 Å². The van der Waals surface area contributed by atoms with Crippen molar-refractivity contribution < 1.29 is 4.74 Å². The van der Waals surface area contributed by atoms with Crippen molar-refractivity contribution in [3.63, 3.8) is 0 Å². The molecule has 5 nitrogen and oxygen atoms in total. The summed E-state index contributed by atoms with van der Waals surface area (Å²) in [6.45, 7) is 5.60. The molecule has 0 saturated carbocycles. The largest absolute Gasteiger partial charge is 0.383 e. The molecule has 2 aromatic heterocycles. The minimum atomic E-state index is 0.232. The number of ether oxygens (including phenoxy) is 1. The van der Waals surface area contributed by atoms with Crippen LogP contribution in [-0.2, 0) is 17.7 Å². The summed E-state index contributed by atoms with van der Waals surface area (Å²) in [5, 5.41) is 3.37. The SMILES string of the molecule is COCC(C)Nc1nc(C)cn1CCc1ccccn1. The Morgan fingerprint density at radius 2 is 2.25 bits per heavy atom. The molecule has 1 unspecified atom stereocenters. The van der Waals surface area contributed by atoms with E-state index in [-0.39, 0.29) is 6.04 Å². The van der Waals surface area contributed by atoms with Gasteiger partial charge < -0.3 is 14.6 Å². The van der Waals surface area contributed by atoms with Crippen molar-refractivity contribution in [2.24, 2.45) is 0 Å². The van der Waals surface area contributed by atoms with Gasteiger partial charge in [0.15, 0.2) is 0 Å². The van der Waals surface area contributed by atoms with E-state index in [1.165, 1.54) is 0 Å². The normalized spacial score (nSPS) is 12.3. The lowest BCUT2D eigenvalue weighted by Crippen LogP contribution is -2.23. The highest BCUT2D eigenvalue weighted by atomic mass is 16.5. The summed E-state index contributed by atoms with van der Waals surface area (Å²) in [4.78, 5) is 8.87. The molecule has 0 spiro atoms. The molecule has 0 amide bonds. The molecule has 0 saturated heterocycles. The molecule has 108 valence electrons. The summed E-state index contributed by atoms with van der Waals surface area (Å²) in [5.41, 5.74) is 2.10. The molecule has 0 fully saturated rings. The monoisotopic (exact) mass is 274 g/mol. The molecule has 0 aliphatic rings. The maximum absolute atomic E-state index is 5.14. The van der Waals surface area contributed by atoms with Crippen molar-refractivity contribution in [3.8, 4) is 0 Å². The van der Waals surface area contributed by atoms with Crippen LogP contribution in [0.15, 0.2) is 30.6 Å². The van der Waals surface area contributed by atoms with Crippen LogP contribution in [0.5, 0.6) is 0 Å². The third-order valence-electron chi connectivity index (χ3n) is 3.02. The minimum Gasteiger partial charge on any atom is -0.383 e. The van der Waals surface area contributed by atoms with E-state index < -0.39 is 0 Å². The number of anilines is 1. The van der Waals surface area contributed by atoms with E-state index in [1.54, 1.807) is 7.11 Å². The first-order valence-electron chi connectivity index (χ1n) is 6.88. The fourth-order valence-corrected chi connectivity index (χ4v) is 2.13. The molecular weight excluding hydrogens is 252 g/mol. The second-order valence-electron chi connectivity index (χ2n) is 4.97. The maximum Gasteiger partial charge on any atom is 0.203 e. The van der Waals surface area contributed by atoms with Gasteiger partial charge in [-0.25, -0.2) is 4.98 Å². The highest BCUT2D eigenvalue weighted by molar-refractivity contribution is 5.30. The van der Waals surface area contributed by atoms with E-state index >= 15 is 0 Å². The van der Waals surface area contributed by atoms with Crippen LogP contribution in [0.3, 0.4) is 0 Å². The molecule has 0 aromatic carbocycles. The zero-order valence-electron chi connectivity index (χ0n) is 12.3. The standard InChI is InChI=1S/C15H22N4O/c1-12-10-19(9-7-14-6-4-5-8-16-14)15(17-12)18-13(2)11-20-3/h4-6,8,10,13H,7,9,11H2,1-3H3,(H,17,18). The Morgan fingerprint density at radius 3 is 2.95 bits per heavy atom. The Balaban J connectivity index is 2.00. The van der Waals surface area contributed by atoms with Gasteiger partial charge in [-0.1, -0.05) is 6.07 Å². The van der Waals surface area contributed by atoms with Crippen molar-refractivity contribution in [1.82, 2.24) is 14.5 Å². The lowest BCUT2D eigenvalue weighted by Gasteiger charge is -2.15. The minimum absolute atomic E-state index is 0.232. The van der Waals surface area contributed by atoms with E-state index in [1.807, 2.05) is 31.3 Å². The van der Waals surface area contributed by atoms with Gasteiger partial charge in [0.05, 0.1) is 12.3 Å². The van der Waals surface area contributed by atoms with Gasteiger partial charge in [-0.3, -0.25) is 4.98 Å². The van der Waals surface area contributed by atoms with Crippen LogP contribution < -0.4 is 5.32 Å².